The van der Waals surface area contributed by atoms with Gasteiger partial charge < -0.3 is 10.1 Å². The zero-order valence-electron chi connectivity index (χ0n) is 11.9. The Hall–Kier alpha value is -1.58. The highest BCUT2D eigenvalue weighted by Crippen LogP contribution is 2.35. The predicted octanol–water partition coefficient (Wildman–Crippen LogP) is 3.25. The van der Waals surface area contributed by atoms with Crippen molar-refractivity contribution in [3.8, 4) is 0 Å². The number of methoxy groups -OCH3 is 1. The number of hydrogen-bond donors (Lipinski definition) is 1. The fourth-order valence-corrected chi connectivity index (χ4v) is 2.51. The molecule has 0 spiro atoms. The van der Waals surface area contributed by atoms with Crippen LogP contribution in [0, 0.1) is 5.41 Å². The van der Waals surface area contributed by atoms with Gasteiger partial charge >= 0.3 is 5.97 Å². The van der Waals surface area contributed by atoms with Gasteiger partial charge in [0.2, 0.25) is 0 Å². The first-order valence-corrected chi connectivity index (χ1v) is 6.81. The Morgan fingerprint density at radius 3 is 2.74 bits per heavy atom. The van der Waals surface area contributed by atoms with Crippen LogP contribution < -0.4 is 5.32 Å². The Morgan fingerprint density at radius 1 is 1.42 bits per heavy atom. The Bertz CT molecular complexity index is 447. The smallest absolute Gasteiger partial charge is 0.338 e. The topological polar surface area (TPSA) is 51.2 Å². The van der Waals surface area contributed by atoms with Gasteiger partial charge in [-0.3, -0.25) is 0 Å². The number of ether oxygens (including phenoxy) is 1. The lowest BCUT2D eigenvalue weighted by Crippen LogP contribution is -2.30. The summed E-state index contributed by atoms with van der Waals surface area (Å²) in [5.41, 5.74) is 0.996. The van der Waals surface area contributed by atoms with Crippen LogP contribution in [0.4, 0.5) is 5.82 Å². The highest BCUT2D eigenvalue weighted by molar-refractivity contribution is 5.89. The lowest BCUT2D eigenvalue weighted by molar-refractivity contribution is 0.0600. The molecule has 0 amide bonds. The van der Waals surface area contributed by atoms with Crippen molar-refractivity contribution in [1.29, 1.82) is 0 Å². The second kappa shape index (κ2) is 5.59. The number of esters is 1. The SMILES string of the molecule is COC(=O)c1ccnc(NC2CCC(C)(C)CC2)c1. The van der Waals surface area contributed by atoms with E-state index in [0.29, 0.717) is 17.0 Å². The molecule has 1 aromatic rings. The maximum Gasteiger partial charge on any atom is 0.338 e. The quantitative estimate of drug-likeness (QED) is 0.850. The summed E-state index contributed by atoms with van der Waals surface area (Å²) in [6.45, 7) is 4.64. The highest BCUT2D eigenvalue weighted by atomic mass is 16.5. The fourth-order valence-electron chi connectivity index (χ4n) is 2.51. The Kier molecular flexibility index (Phi) is 4.08. The van der Waals surface area contributed by atoms with Crippen LogP contribution in [-0.2, 0) is 4.74 Å². The molecule has 19 heavy (non-hydrogen) atoms. The zero-order chi connectivity index (χ0) is 13.9. The van der Waals surface area contributed by atoms with Crippen LogP contribution in [0.3, 0.4) is 0 Å². The van der Waals surface area contributed by atoms with Gasteiger partial charge in [-0.1, -0.05) is 13.8 Å². The van der Waals surface area contributed by atoms with Gasteiger partial charge in [-0.15, -0.1) is 0 Å². The minimum atomic E-state index is -0.324. The molecule has 1 heterocycles. The van der Waals surface area contributed by atoms with Gasteiger partial charge in [0, 0.05) is 12.2 Å². The van der Waals surface area contributed by atoms with E-state index in [-0.39, 0.29) is 5.97 Å². The van der Waals surface area contributed by atoms with Crippen molar-refractivity contribution >= 4 is 11.8 Å². The summed E-state index contributed by atoms with van der Waals surface area (Å²) in [6.07, 6.45) is 6.39. The van der Waals surface area contributed by atoms with Crippen LogP contribution in [-0.4, -0.2) is 24.1 Å². The molecule has 104 valence electrons. The molecule has 0 atom stereocenters. The molecule has 0 aliphatic heterocycles. The van der Waals surface area contributed by atoms with Crippen LogP contribution in [0.2, 0.25) is 0 Å². The van der Waals surface area contributed by atoms with Crippen LogP contribution in [0.25, 0.3) is 0 Å². The minimum Gasteiger partial charge on any atom is -0.465 e. The van der Waals surface area contributed by atoms with E-state index < -0.39 is 0 Å². The van der Waals surface area contributed by atoms with Crippen molar-refractivity contribution in [2.75, 3.05) is 12.4 Å². The summed E-state index contributed by atoms with van der Waals surface area (Å²) >= 11 is 0. The van der Waals surface area contributed by atoms with E-state index in [2.05, 4.69) is 24.1 Å². The molecular weight excluding hydrogens is 240 g/mol. The van der Waals surface area contributed by atoms with E-state index in [1.54, 1.807) is 18.3 Å². The number of carbonyl (C=O) groups excluding carboxylic acids is 1. The number of carbonyl (C=O) groups is 1. The van der Waals surface area contributed by atoms with Crippen molar-refractivity contribution in [2.24, 2.45) is 5.41 Å². The summed E-state index contributed by atoms with van der Waals surface area (Å²) in [5.74, 6) is 0.433. The van der Waals surface area contributed by atoms with E-state index in [4.69, 9.17) is 4.74 Å². The standard InChI is InChI=1S/C15H22N2O2/c1-15(2)7-4-12(5-8-15)17-13-10-11(6-9-16-13)14(18)19-3/h6,9-10,12H,4-5,7-8H2,1-3H3,(H,16,17). The molecule has 2 rings (SSSR count). The summed E-state index contributed by atoms with van der Waals surface area (Å²) in [5, 5.41) is 3.42. The van der Waals surface area contributed by atoms with E-state index in [1.807, 2.05) is 0 Å². The van der Waals surface area contributed by atoms with E-state index >= 15 is 0 Å². The first-order chi connectivity index (χ1) is 9.00. The van der Waals surface area contributed by atoms with E-state index in [0.717, 1.165) is 18.7 Å². The first-order valence-electron chi connectivity index (χ1n) is 6.81. The van der Waals surface area contributed by atoms with Crippen molar-refractivity contribution in [1.82, 2.24) is 4.98 Å². The molecule has 1 aliphatic carbocycles. The second-order valence-corrected chi connectivity index (χ2v) is 6.00. The number of pyridine rings is 1. The fraction of sp³-hybridized carbons (Fsp3) is 0.600. The summed E-state index contributed by atoms with van der Waals surface area (Å²) in [7, 11) is 1.39. The van der Waals surface area contributed by atoms with Gasteiger partial charge in [0.25, 0.3) is 0 Å². The van der Waals surface area contributed by atoms with Gasteiger partial charge in [0.15, 0.2) is 0 Å². The normalized spacial score (nSPS) is 18.9. The third-order valence-electron chi connectivity index (χ3n) is 3.87. The van der Waals surface area contributed by atoms with E-state index in [1.165, 1.54) is 20.0 Å². The average Bonchev–Trinajstić information content (AvgIpc) is 2.41. The van der Waals surface area contributed by atoms with Crippen molar-refractivity contribution in [3.05, 3.63) is 23.9 Å². The molecule has 1 N–H and O–H groups in total. The number of aromatic nitrogens is 1. The summed E-state index contributed by atoms with van der Waals surface area (Å²) in [6, 6.07) is 3.88. The largest absolute Gasteiger partial charge is 0.465 e. The lowest BCUT2D eigenvalue weighted by Gasteiger charge is -2.34. The molecule has 0 bridgehead atoms. The molecule has 0 unspecified atom stereocenters. The maximum absolute atomic E-state index is 11.5. The molecule has 1 aromatic heterocycles. The van der Waals surface area contributed by atoms with Crippen LogP contribution >= 0.6 is 0 Å². The minimum absolute atomic E-state index is 0.324. The third-order valence-corrected chi connectivity index (χ3v) is 3.87. The molecule has 1 aliphatic rings. The Balaban J connectivity index is 1.98. The maximum atomic E-state index is 11.5. The molecule has 0 radical (unpaired) electrons. The Labute approximate surface area is 114 Å². The average molecular weight is 262 g/mol. The van der Waals surface area contributed by atoms with Crippen molar-refractivity contribution < 1.29 is 9.53 Å². The van der Waals surface area contributed by atoms with Gasteiger partial charge in [0.1, 0.15) is 5.82 Å². The monoisotopic (exact) mass is 262 g/mol. The van der Waals surface area contributed by atoms with Crippen molar-refractivity contribution in [2.45, 2.75) is 45.6 Å². The van der Waals surface area contributed by atoms with Crippen LogP contribution in [0.1, 0.15) is 49.9 Å². The molecule has 4 heteroatoms. The molecule has 1 saturated carbocycles. The summed E-state index contributed by atoms with van der Waals surface area (Å²) < 4.78 is 4.71. The van der Waals surface area contributed by atoms with Crippen molar-refractivity contribution in [3.63, 3.8) is 0 Å². The number of nitrogens with one attached hydrogen (secondary N) is 1. The third kappa shape index (κ3) is 3.69. The van der Waals surface area contributed by atoms with Crippen LogP contribution in [0.5, 0.6) is 0 Å². The molecule has 4 nitrogen and oxygen atoms in total. The van der Waals surface area contributed by atoms with Gasteiger partial charge in [-0.25, -0.2) is 9.78 Å². The molecule has 1 fully saturated rings. The zero-order valence-corrected chi connectivity index (χ0v) is 11.9. The van der Waals surface area contributed by atoms with E-state index in [9.17, 15) is 4.79 Å². The number of hydrogen-bond acceptors (Lipinski definition) is 4. The molecule has 0 saturated heterocycles. The number of nitrogens with zero attached hydrogens (tertiary/aromatic N) is 1. The highest BCUT2D eigenvalue weighted by Gasteiger charge is 2.26. The summed E-state index contributed by atoms with van der Waals surface area (Å²) in [4.78, 5) is 15.7. The van der Waals surface area contributed by atoms with Gasteiger partial charge in [-0.05, 0) is 43.2 Å². The molecule has 0 aromatic carbocycles. The van der Waals surface area contributed by atoms with Gasteiger partial charge in [0.05, 0.1) is 12.7 Å². The van der Waals surface area contributed by atoms with Gasteiger partial charge in [-0.2, -0.15) is 0 Å². The lowest BCUT2D eigenvalue weighted by atomic mass is 9.75. The Morgan fingerprint density at radius 2 is 2.11 bits per heavy atom. The predicted molar refractivity (Wildman–Crippen MR) is 75.2 cm³/mol. The molecular formula is C15H22N2O2. The second-order valence-electron chi connectivity index (χ2n) is 6.00. The first kappa shape index (κ1) is 13.8. The number of rotatable bonds is 3. The van der Waals surface area contributed by atoms with Crippen LogP contribution in [0.15, 0.2) is 18.3 Å². The number of anilines is 1.